The number of benzene rings is 1. The van der Waals surface area contributed by atoms with Crippen LogP contribution in [0.4, 0.5) is 30.7 Å². The molecular weight excluding hydrogens is 303 g/mol. The predicted molar refractivity (Wildman–Crippen MR) is 59.6 cm³/mol. The number of halogens is 7. The van der Waals surface area contributed by atoms with Gasteiger partial charge in [0.05, 0.1) is 11.1 Å². The third-order valence-corrected chi connectivity index (χ3v) is 2.68. The molecule has 0 amide bonds. The lowest BCUT2D eigenvalue weighted by atomic mass is 10.0. The van der Waals surface area contributed by atoms with Gasteiger partial charge in [-0.2, -0.15) is 26.3 Å². The molecule has 1 nitrogen and oxygen atoms in total. The van der Waals surface area contributed by atoms with Gasteiger partial charge in [-0.3, -0.25) is 4.98 Å². The highest BCUT2D eigenvalue weighted by Crippen LogP contribution is 2.39. The van der Waals surface area contributed by atoms with Crippen LogP contribution in [0, 0.1) is 5.82 Å². The maximum absolute atomic E-state index is 13.9. The minimum Gasteiger partial charge on any atom is -0.253 e. The van der Waals surface area contributed by atoms with E-state index >= 15 is 0 Å². The van der Waals surface area contributed by atoms with Gasteiger partial charge in [0, 0.05) is 11.8 Å². The van der Waals surface area contributed by atoms with Crippen molar-refractivity contribution in [2.75, 3.05) is 0 Å². The maximum atomic E-state index is 13.9. The minimum atomic E-state index is -5.02. The molecule has 0 radical (unpaired) electrons. The van der Waals surface area contributed by atoms with Crippen LogP contribution in [0.15, 0.2) is 36.5 Å². The Kier molecular flexibility index (Phi) is 3.65. The number of pyridine rings is 1. The van der Waals surface area contributed by atoms with Crippen molar-refractivity contribution >= 4 is 0 Å². The molecule has 2 rings (SSSR count). The maximum Gasteiger partial charge on any atom is 0.419 e. The molecule has 8 heteroatoms. The van der Waals surface area contributed by atoms with Gasteiger partial charge >= 0.3 is 12.4 Å². The Balaban J connectivity index is 2.70. The van der Waals surface area contributed by atoms with Crippen molar-refractivity contribution in [1.82, 2.24) is 4.98 Å². The van der Waals surface area contributed by atoms with E-state index in [1.165, 1.54) is 0 Å². The van der Waals surface area contributed by atoms with Crippen LogP contribution in [0.2, 0.25) is 0 Å². The summed E-state index contributed by atoms with van der Waals surface area (Å²) in [6.45, 7) is 0. The van der Waals surface area contributed by atoms with Gasteiger partial charge in [-0.1, -0.05) is 18.2 Å². The van der Waals surface area contributed by atoms with Crippen molar-refractivity contribution in [1.29, 1.82) is 0 Å². The summed E-state index contributed by atoms with van der Waals surface area (Å²) < 4.78 is 90.1. The van der Waals surface area contributed by atoms with Gasteiger partial charge in [0.15, 0.2) is 5.82 Å². The standard InChI is InChI=1S/C13H6F7N/c14-10-9(13(18,19)20)5-6-21-11(10)7-3-1-2-4-8(7)12(15,16)17/h1-6H. The zero-order valence-electron chi connectivity index (χ0n) is 10.1. The molecule has 21 heavy (non-hydrogen) atoms. The molecule has 0 unspecified atom stereocenters. The SMILES string of the molecule is Fc1c(C(F)(F)F)ccnc1-c1ccccc1C(F)(F)F. The van der Waals surface area contributed by atoms with Crippen molar-refractivity contribution in [3.05, 3.63) is 53.5 Å². The molecule has 0 bridgehead atoms. The quantitative estimate of drug-likeness (QED) is 0.681. The second-order valence-electron chi connectivity index (χ2n) is 4.06. The number of hydrogen-bond acceptors (Lipinski definition) is 1. The Morgan fingerprint density at radius 1 is 0.762 bits per heavy atom. The number of hydrogen-bond donors (Lipinski definition) is 0. The first-order chi connectivity index (χ1) is 9.62. The van der Waals surface area contributed by atoms with E-state index in [2.05, 4.69) is 4.98 Å². The van der Waals surface area contributed by atoms with E-state index < -0.39 is 40.6 Å². The summed E-state index contributed by atoms with van der Waals surface area (Å²) in [5, 5.41) is 0. The molecule has 0 saturated heterocycles. The third-order valence-electron chi connectivity index (χ3n) is 2.68. The molecule has 0 N–H and O–H groups in total. The monoisotopic (exact) mass is 309 g/mol. The smallest absolute Gasteiger partial charge is 0.253 e. The van der Waals surface area contributed by atoms with Gasteiger partial charge in [-0.15, -0.1) is 0 Å². The number of nitrogens with zero attached hydrogens (tertiary/aromatic N) is 1. The van der Waals surface area contributed by atoms with Gasteiger partial charge in [0.1, 0.15) is 5.69 Å². The van der Waals surface area contributed by atoms with Crippen LogP contribution >= 0.6 is 0 Å². The highest BCUT2D eigenvalue weighted by molar-refractivity contribution is 5.65. The topological polar surface area (TPSA) is 12.9 Å². The Labute approximate surface area is 114 Å². The molecule has 0 saturated carbocycles. The summed E-state index contributed by atoms with van der Waals surface area (Å²) in [6, 6.07) is 4.10. The molecule has 0 aliphatic rings. The number of aromatic nitrogens is 1. The second-order valence-corrected chi connectivity index (χ2v) is 4.06. The van der Waals surface area contributed by atoms with E-state index in [1.54, 1.807) is 0 Å². The van der Waals surface area contributed by atoms with Crippen molar-refractivity contribution in [2.24, 2.45) is 0 Å². The fourth-order valence-electron chi connectivity index (χ4n) is 1.79. The fraction of sp³-hybridized carbons (Fsp3) is 0.154. The van der Waals surface area contributed by atoms with Crippen LogP contribution < -0.4 is 0 Å². The Bertz CT molecular complexity index is 658. The van der Waals surface area contributed by atoms with Crippen LogP contribution in [-0.4, -0.2) is 4.98 Å². The van der Waals surface area contributed by atoms with E-state index in [0.29, 0.717) is 18.3 Å². The summed E-state index contributed by atoms with van der Waals surface area (Å²) >= 11 is 0. The average Bonchev–Trinajstić information content (AvgIpc) is 2.36. The highest BCUT2D eigenvalue weighted by Gasteiger charge is 2.38. The van der Waals surface area contributed by atoms with Crippen molar-refractivity contribution in [3.63, 3.8) is 0 Å². The molecule has 0 aliphatic carbocycles. The van der Waals surface area contributed by atoms with Gasteiger partial charge in [-0.05, 0) is 12.1 Å². The van der Waals surface area contributed by atoms with Crippen molar-refractivity contribution < 1.29 is 30.7 Å². The van der Waals surface area contributed by atoms with Gasteiger partial charge < -0.3 is 0 Å². The molecular formula is C13H6F7N. The molecule has 1 aromatic carbocycles. The van der Waals surface area contributed by atoms with E-state index in [-0.39, 0.29) is 0 Å². The molecule has 0 spiro atoms. The average molecular weight is 309 g/mol. The minimum absolute atomic E-state index is 0.370. The summed E-state index contributed by atoms with van der Waals surface area (Å²) in [7, 11) is 0. The molecule has 0 atom stereocenters. The molecule has 1 aromatic heterocycles. The molecule has 0 aliphatic heterocycles. The Morgan fingerprint density at radius 3 is 1.90 bits per heavy atom. The summed E-state index contributed by atoms with van der Waals surface area (Å²) in [5.41, 5.74) is -4.65. The third kappa shape index (κ3) is 2.98. The lowest BCUT2D eigenvalue weighted by molar-refractivity contribution is -0.140. The molecule has 112 valence electrons. The Hall–Kier alpha value is -2.12. The lowest BCUT2D eigenvalue weighted by Gasteiger charge is -2.14. The van der Waals surface area contributed by atoms with E-state index in [1.807, 2.05) is 0 Å². The first kappa shape index (κ1) is 15.3. The predicted octanol–water partition coefficient (Wildman–Crippen LogP) is 4.93. The normalized spacial score (nSPS) is 12.5. The van der Waals surface area contributed by atoms with Crippen LogP contribution in [0.1, 0.15) is 11.1 Å². The number of rotatable bonds is 1. The second kappa shape index (κ2) is 5.01. The molecule has 2 aromatic rings. The van der Waals surface area contributed by atoms with Gasteiger partial charge in [0.25, 0.3) is 0 Å². The fourth-order valence-corrected chi connectivity index (χ4v) is 1.79. The summed E-state index contributed by atoms with van der Waals surface area (Å²) in [4.78, 5) is 3.32. The van der Waals surface area contributed by atoms with Crippen molar-refractivity contribution in [2.45, 2.75) is 12.4 Å². The number of alkyl halides is 6. The van der Waals surface area contributed by atoms with Crippen LogP contribution in [0.5, 0.6) is 0 Å². The molecule has 0 fully saturated rings. The zero-order chi connectivity index (χ0) is 15.8. The van der Waals surface area contributed by atoms with Crippen LogP contribution in [-0.2, 0) is 12.4 Å². The van der Waals surface area contributed by atoms with Crippen LogP contribution in [0.3, 0.4) is 0 Å². The van der Waals surface area contributed by atoms with Gasteiger partial charge in [-0.25, -0.2) is 4.39 Å². The van der Waals surface area contributed by atoms with E-state index in [0.717, 1.165) is 18.2 Å². The zero-order valence-corrected chi connectivity index (χ0v) is 10.1. The van der Waals surface area contributed by atoms with Crippen molar-refractivity contribution in [3.8, 4) is 11.3 Å². The largest absolute Gasteiger partial charge is 0.419 e. The van der Waals surface area contributed by atoms with Crippen LogP contribution in [0.25, 0.3) is 11.3 Å². The molecule has 1 heterocycles. The van der Waals surface area contributed by atoms with E-state index in [9.17, 15) is 30.7 Å². The summed E-state index contributed by atoms with van der Waals surface area (Å²) in [5.74, 6) is -1.83. The van der Waals surface area contributed by atoms with E-state index in [4.69, 9.17) is 0 Å². The Morgan fingerprint density at radius 2 is 1.33 bits per heavy atom. The highest BCUT2D eigenvalue weighted by atomic mass is 19.4. The first-order valence-electron chi connectivity index (χ1n) is 5.50. The van der Waals surface area contributed by atoms with Gasteiger partial charge in [0.2, 0.25) is 0 Å². The first-order valence-corrected chi connectivity index (χ1v) is 5.50. The summed E-state index contributed by atoms with van der Waals surface area (Å²) in [6.07, 6.45) is -9.23. The lowest BCUT2D eigenvalue weighted by Crippen LogP contribution is -2.12.